The standard InChI is InChI=1S/C12H20N2O4.C10H15N3O4/c1-12(2,14-3)9(13)6-8(11(16)18-5)7-10(15)17-4;1-10(2,11-3)9-12-5(8(16)17-4)6(14)7(15)13-9/h6-7,14H,13H2,1-5H3;11,14H,1-4H3,(H,12,13,15)/b8-7?,9-6-;. The summed E-state index contributed by atoms with van der Waals surface area (Å²) in [5.41, 5.74) is 3.97. The molecule has 0 atom stereocenters. The van der Waals surface area contributed by atoms with E-state index in [9.17, 15) is 24.3 Å². The number of nitrogens with one attached hydrogen (secondary N) is 3. The van der Waals surface area contributed by atoms with Gasteiger partial charge in [-0.15, -0.1) is 0 Å². The Balaban J connectivity index is 0.000000661. The number of ether oxygens (including phenoxy) is 3. The maximum absolute atomic E-state index is 11.5. The predicted octanol–water partition coefficient (Wildman–Crippen LogP) is -0.184. The molecule has 0 saturated carbocycles. The summed E-state index contributed by atoms with van der Waals surface area (Å²) in [4.78, 5) is 51.7. The van der Waals surface area contributed by atoms with Crippen LogP contribution in [0.15, 0.2) is 28.2 Å². The summed E-state index contributed by atoms with van der Waals surface area (Å²) >= 11 is 0. The molecule has 6 N–H and O–H groups in total. The number of methoxy groups -OCH3 is 3. The Morgan fingerprint density at radius 1 is 1.00 bits per heavy atom. The second-order valence-electron chi connectivity index (χ2n) is 8.07. The SMILES string of the molecule is CNC(C)(C)/C(N)=C/C(=CC(=O)OC)C(=O)OC.CNC(C)(C)c1nc(C(=O)OC)c(O)c(=O)[nH]1. The average Bonchev–Trinajstić information content (AvgIpc) is 2.83. The summed E-state index contributed by atoms with van der Waals surface area (Å²) in [7, 11) is 7.01. The number of carbonyl (C=O) groups excluding carboxylic acids is 3. The van der Waals surface area contributed by atoms with Crippen LogP contribution in [-0.2, 0) is 29.3 Å². The Kier molecular flexibility index (Phi) is 11.8. The number of carbonyl (C=O) groups is 3. The van der Waals surface area contributed by atoms with Gasteiger partial charge in [0.05, 0.1) is 38.0 Å². The highest BCUT2D eigenvalue weighted by molar-refractivity contribution is 5.98. The van der Waals surface area contributed by atoms with Gasteiger partial charge in [-0.3, -0.25) is 4.79 Å². The van der Waals surface area contributed by atoms with Gasteiger partial charge in [0.2, 0.25) is 5.75 Å². The Bertz CT molecular complexity index is 1040. The highest BCUT2D eigenvalue weighted by Crippen LogP contribution is 2.17. The fourth-order valence-electron chi connectivity index (χ4n) is 2.08. The van der Waals surface area contributed by atoms with Gasteiger partial charge in [-0.05, 0) is 47.9 Å². The second kappa shape index (κ2) is 13.2. The smallest absolute Gasteiger partial charge is 0.360 e. The molecule has 0 saturated heterocycles. The summed E-state index contributed by atoms with van der Waals surface area (Å²) in [5, 5.41) is 15.3. The summed E-state index contributed by atoms with van der Waals surface area (Å²) in [6.07, 6.45) is 2.42. The molecule has 0 spiro atoms. The summed E-state index contributed by atoms with van der Waals surface area (Å²) < 4.78 is 13.5. The average molecular weight is 498 g/mol. The van der Waals surface area contributed by atoms with Crippen LogP contribution in [-0.4, -0.2) is 73.9 Å². The summed E-state index contributed by atoms with van der Waals surface area (Å²) in [5.74, 6) is -2.67. The molecule has 13 nitrogen and oxygen atoms in total. The van der Waals surface area contributed by atoms with Crippen molar-refractivity contribution in [1.82, 2.24) is 20.6 Å². The number of aromatic hydroxyl groups is 1. The minimum Gasteiger partial charge on any atom is -0.501 e. The predicted molar refractivity (Wildman–Crippen MR) is 127 cm³/mol. The van der Waals surface area contributed by atoms with Crippen LogP contribution in [0.1, 0.15) is 44.0 Å². The minimum atomic E-state index is -0.859. The van der Waals surface area contributed by atoms with Crippen molar-refractivity contribution in [2.45, 2.75) is 38.8 Å². The molecule has 0 amide bonds. The van der Waals surface area contributed by atoms with Crippen molar-refractivity contribution in [3.8, 4) is 5.75 Å². The molecule has 0 aliphatic heterocycles. The topological polar surface area (TPSA) is 195 Å². The molecule has 0 radical (unpaired) electrons. The lowest BCUT2D eigenvalue weighted by molar-refractivity contribution is -0.138. The van der Waals surface area contributed by atoms with Crippen LogP contribution in [0.3, 0.4) is 0 Å². The van der Waals surface area contributed by atoms with Crippen molar-refractivity contribution in [2.75, 3.05) is 35.4 Å². The van der Waals surface area contributed by atoms with E-state index in [1.54, 1.807) is 27.9 Å². The van der Waals surface area contributed by atoms with E-state index < -0.39 is 46.0 Å². The van der Waals surface area contributed by atoms with Crippen LogP contribution >= 0.6 is 0 Å². The number of esters is 3. The number of nitrogens with zero attached hydrogens (tertiary/aromatic N) is 1. The maximum Gasteiger partial charge on any atom is 0.360 e. The van der Waals surface area contributed by atoms with Gasteiger partial charge in [-0.1, -0.05) is 0 Å². The van der Waals surface area contributed by atoms with Gasteiger partial charge in [0.25, 0.3) is 5.56 Å². The first kappa shape index (κ1) is 31.3. The van der Waals surface area contributed by atoms with Crippen LogP contribution in [0.25, 0.3) is 0 Å². The van der Waals surface area contributed by atoms with Crippen LogP contribution < -0.4 is 21.9 Å². The van der Waals surface area contributed by atoms with E-state index in [1.165, 1.54) is 20.3 Å². The number of aromatic amines is 1. The van der Waals surface area contributed by atoms with E-state index in [-0.39, 0.29) is 11.4 Å². The number of hydrogen-bond acceptors (Lipinski definition) is 12. The van der Waals surface area contributed by atoms with E-state index in [0.29, 0.717) is 5.70 Å². The molecule has 0 bridgehead atoms. The molecule has 1 heterocycles. The number of rotatable bonds is 8. The minimum absolute atomic E-state index is 0.0326. The number of H-pyrrole nitrogens is 1. The van der Waals surface area contributed by atoms with Crippen LogP contribution in [0.4, 0.5) is 0 Å². The Morgan fingerprint density at radius 2 is 1.57 bits per heavy atom. The molecular weight excluding hydrogens is 462 g/mol. The van der Waals surface area contributed by atoms with Gasteiger partial charge < -0.3 is 40.7 Å². The third-order valence-electron chi connectivity index (χ3n) is 5.04. The van der Waals surface area contributed by atoms with Crippen molar-refractivity contribution in [2.24, 2.45) is 5.73 Å². The molecule has 0 aromatic carbocycles. The van der Waals surface area contributed by atoms with Gasteiger partial charge in [0.15, 0.2) is 5.69 Å². The van der Waals surface area contributed by atoms with Gasteiger partial charge >= 0.3 is 17.9 Å². The quantitative estimate of drug-likeness (QED) is 0.138. The highest BCUT2D eigenvalue weighted by atomic mass is 16.5. The molecule has 1 rings (SSSR count). The lowest BCUT2D eigenvalue weighted by Gasteiger charge is -2.24. The molecule has 13 heteroatoms. The first-order valence-corrected chi connectivity index (χ1v) is 10.3. The second-order valence-corrected chi connectivity index (χ2v) is 8.07. The summed E-state index contributed by atoms with van der Waals surface area (Å²) in [6.45, 7) is 7.21. The molecule has 0 unspecified atom stereocenters. The van der Waals surface area contributed by atoms with E-state index in [2.05, 4.69) is 34.8 Å². The monoisotopic (exact) mass is 497 g/mol. The molecule has 0 aliphatic rings. The van der Waals surface area contributed by atoms with Crippen LogP contribution in [0.5, 0.6) is 5.75 Å². The third kappa shape index (κ3) is 8.87. The van der Waals surface area contributed by atoms with Crippen molar-refractivity contribution in [3.63, 3.8) is 0 Å². The van der Waals surface area contributed by atoms with Crippen molar-refractivity contribution >= 4 is 17.9 Å². The van der Waals surface area contributed by atoms with Gasteiger partial charge in [-0.25, -0.2) is 19.4 Å². The number of nitrogens with two attached hydrogens (primary N) is 1. The zero-order valence-corrected chi connectivity index (χ0v) is 21.5. The lowest BCUT2D eigenvalue weighted by atomic mass is 9.99. The first-order valence-electron chi connectivity index (χ1n) is 10.3. The van der Waals surface area contributed by atoms with Crippen LogP contribution in [0, 0.1) is 0 Å². The number of hydrogen-bond donors (Lipinski definition) is 5. The Hall–Kier alpha value is -3.71. The molecule has 196 valence electrons. The molecule has 1 aromatic rings. The maximum atomic E-state index is 11.5. The van der Waals surface area contributed by atoms with E-state index in [0.717, 1.165) is 13.2 Å². The molecule has 0 fully saturated rings. The largest absolute Gasteiger partial charge is 0.501 e. The fraction of sp³-hybridized carbons (Fsp3) is 0.500. The normalized spacial score (nSPS) is 12.3. The van der Waals surface area contributed by atoms with Crippen molar-refractivity contribution in [3.05, 3.63) is 45.3 Å². The fourth-order valence-corrected chi connectivity index (χ4v) is 2.08. The molecule has 1 aromatic heterocycles. The Morgan fingerprint density at radius 3 is 2.00 bits per heavy atom. The Labute approximate surface area is 203 Å². The van der Waals surface area contributed by atoms with Crippen molar-refractivity contribution in [1.29, 1.82) is 0 Å². The lowest BCUT2D eigenvalue weighted by Crippen LogP contribution is -2.41. The van der Waals surface area contributed by atoms with Crippen molar-refractivity contribution < 1.29 is 33.7 Å². The molecule has 35 heavy (non-hydrogen) atoms. The number of aromatic nitrogens is 2. The van der Waals surface area contributed by atoms with E-state index in [4.69, 9.17) is 5.73 Å². The number of likely N-dealkylation sites (N-methyl/N-ethyl adjacent to an activating group) is 1. The van der Waals surface area contributed by atoms with Gasteiger partial charge in [0, 0.05) is 11.8 Å². The first-order chi connectivity index (χ1) is 16.1. The third-order valence-corrected chi connectivity index (χ3v) is 5.04. The van der Waals surface area contributed by atoms with E-state index in [1.807, 2.05) is 13.8 Å². The zero-order valence-electron chi connectivity index (χ0n) is 21.5. The molecule has 0 aliphatic carbocycles. The van der Waals surface area contributed by atoms with Crippen LogP contribution in [0.2, 0.25) is 0 Å². The highest BCUT2D eigenvalue weighted by Gasteiger charge is 2.26. The zero-order chi connectivity index (χ0) is 27.6. The summed E-state index contributed by atoms with van der Waals surface area (Å²) in [6, 6.07) is 0. The van der Waals surface area contributed by atoms with E-state index >= 15 is 0 Å². The van der Waals surface area contributed by atoms with Gasteiger partial charge in [-0.2, -0.15) is 0 Å². The molecular formula is C22H35N5O8. The van der Waals surface area contributed by atoms with Gasteiger partial charge in [0.1, 0.15) is 5.82 Å².